The second-order valence-corrected chi connectivity index (χ2v) is 2.88. The van der Waals surface area contributed by atoms with Crippen LogP contribution in [0.15, 0.2) is 0 Å². The molecule has 1 N–H and O–H groups in total. The van der Waals surface area contributed by atoms with Gasteiger partial charge in [0.05, 0.1) is 0 Å². The maximum atomic E-state index is 9.92. The van der Waals surface area contributed by atoms with Gasteiger partial charge in [-0.2, -0.15) is 10.6 Å². The van der Waals surface area contributed by atoms with Crippen molar-refractivity contribution in [3.8, 4) is 0 Å². The molecule has 6 heavy (non-hydrogen) atoms. The first-order valence-corrected chi connectivity index (χ1v) is 2.97. The lowest BCUT2D eigenvalue weighted by molar-refractivity contribution is 0.594. The minimum absolute atomic E-state index is 0.00926. The summed E-state index contributed by atoms with van der Waals surface area (Å²) in [6.45, 7) is 3.51. The van der Waals surface area contributed by atoms with E-state index >= 15 is 0 Å². The van der Waals surface area contributed by atoms with E-state index in [0.29, 0.717) is 0 Å². The lowest BCUT2D eigenvalue weighted by Crippen LogP contribution is -1.91. The van der Waals surface area contributed by atoms with Gasteiger partial charge < -0.3 is 8.99 Å². The quantitative estimate of drug-likeness (QED) is 0.500. The van der Waals surface area contributed by atoms with Gasteiger partial charge in [-0.3, -0.25) is 0 Å². The standard InChI is InChI=1S/C3H8NOS/c1-3(2)6(4)5/h3-4H,1-2H3/q-1. The van der Waals surface area contributed by atoms with Crippen molar-refractivity contribution in [1.82, 2.24) is 0 Å². The van der Waals surface area contributed by atoms with Gasteiger partial charge in [0.1, 0.15) is 0 Å². The van der Waals surface area contributed by atoms with Crippen LogP contribution in [0.3, 0.4) is 0 Å². The molecule has 0 aliphatic rings. The summed E-state index contributed by atoms with van der Waals surface area (Å²) >= 11 is 0. The van der Waals surface area contributed by atoms with E-state index in [1.165, 1.54) is 0 Å². The number of hydrogen-bond acceptors (Lipinski definition) is 3. The van der Waals surface area contributed by atoms with E-state index in [9.17, 15) is 4.21 Å². The Bertz CT molecular complexity index is 87.0. The molecule has 0 unspecified atom stereocenters. The zero-order valence-electron chi connectivity index (χ0n) is 3.89. The van der Waals surface area contributed by atoms with Gasteiger partial charge >= 0.3 is 0 Å². The van der Waals surface area contributed by atoms with Crippen LogP contribution in [0, 0.1) is 4.78 Å². The molecule has 0 saturated heterocycles. The molecule has 0 radical (unpaired) electrons. The maximum Gasteiger partial charge on any atom is -0.0782 e. The highest BCUT2D eigenvalue weighted by molar-refractivity contribution is 7.74. The van der Waals surface area contributed by atoms with E-state index in [1.807, 2.05) is 0 Å². The zero-order valence-corrected chi connectivity index (χ0v) is 4.71. The predicted molar refractivity (Wildman–Crippen MR) is 25.9 cm³/mol. The monoisotopic (exact) mass is 106 g/mol. The molecule has 38 valence electrons. The lowest BCUT2D eigenvalue weighted by Gasteiger charge is -1.99. The third kappa shape index (κ3) is 2.20. The van der Waals surface area contributed by atoms with E-state index < -0.39 is 10.6 Å². The van der Waals surface area contributed by atoms with Crippen molar-refractivity contribution in [1.29, 1.82) is 4.78 Å². The lowest BCUT2D eigenvalue weighted by atomic mass is 10.6. The highest BCUT2D eigenvalue weighted by Gasteiger charge is 1.72. The molecule has 0 rings (SSSR count). The van der Waals surface area contributed by atoms with Crippen LogP contribution in [0.1, 0.15) is 13.8 Å². The molecular formula is C3H8NOS-. The maximum absolute atomic E-state index is 9.92. The van der Waals surface area contributed by atoms with Crippen molar-refractivity contribution >= 4 is 10.6 Å². The molecule has 0 aromatic carbocycles. The number of nitrogens with one attached hydrogen (secondary N) is 1. The normalized spacial score (nSPS) is 10.7. The van der Waals surface area contributed by atoms with Crippen LogP contribution < -0.4 is 0 Å². The van der Waals surface area contributed by atoms with Gasteiger partial charge in [0.15, 0.2) is 0 Å². The van der Waals surface area contributed by atoms with Crippen LogP contribution in [0.2, 0.25) is 0 Å². The smallest absolute Gasteiger partial charge is 0.0782 e. The molecular weight excluding hydrogens is 98.1 g/mol. The van der Waals surface area contributed by atoms with Crippen LogP contribution in [0.5, 0.6) is 0 Å². The van der Waals surface area contributed by atoms with Gasteiger partial charge in [-0.1, -0.05) is 19.1 Å². The average molecular weight is 106 g/mol. The zero-order chi connectivity index (χ0) is 5.15. The molecule has 0 spiro atoms. The molecule has 0 heterocycles. The fourth-order valence-corrected chi connectivity index (χ4v) is 0. The molecule has 0 saturated carbocycles. The third-order valence-electron chi connectivity index (χ3n) is 0.428. The van der Waals surface area contributed by atoms with E-state index in [0.717, 1.165) is 0 Å². The first kappa shape index (κ1) is 5.95. The van der Waals surface area contributed by atoms with Gasteiger partial charge in [0, 0.05) is 0 Å². The van der Waals surface area contributed by atoms with Gasteiger partial charge in [-0.25, -0.2) is 0 Å². The Hall–Kier alpha value is -0.0500. The summed E-state index contributed by atoms with van der Waals surface area (Å²) in [6, 6.07) is 0. The Kier molecular flexibility index (Phi) is 2.16. The molecule has 0 aromatic heterocycles. The second kappa shape index (κ2) is 2.18. The van der Waals surface area contributed by atoms with Gasteiger partial charge in [-0.15, -0.1) is 0 Å². The van der Waals surface area contributed by atoms with Crippen molar-refractivity contribution < 1.29 is 4.21 Å². The molecule has 0 fully saturated rings. The van der Waals surface area contributed by atoms with E-state index in [1.54, 1.807) is 13.8 Å². The largest absolute Gasteiger partial charge is 0.444 e. The van der Waals surface area contributed by atoms with Crippen LogP contribution in [0.25, 0.3) is 0 Å². The Morgan fingerprint density at radius 2 is 1.83 bits per heavy atom. The molecule has 0 aliphatic carbocycles. The Balaban J connectivity index is 3.57. The summed E-state index contributed by atoms with van der Waals surface area (Å²) in [4.78, 5) is 0. The van der Waals surface area contributed by atoms with Gasteiger partial charge in [0.2, 0.25) is 0 Å². The molecule has 3 heteroatoms. The number of hydrogen-bond donors (Lipinski definition) is 1. The molecule has 0 aromatic rings. The highest BCUT2D eigenvalue weighted by Crippen LogP contribution is 1.80. The highest BCUT2D eigenvalue weighted by atomic mass is 32.2. The molecule has 0 aliphatic heterocycles. The Labute approximate surface area is 39.6 Å². The summed E-state index contributed by atoms with van der Waals surface area (Å²) < 4.78 is 16.4. The molecule has 0 bridgehead atoms. The Morgan fingerprint density at radius 3 is 1.83 bits per heavy atom. The fourth-order valence-electron chi connectivity index (χ4n) is 0. The van der Waals surface area contributed by atoms with Crippen molar-refractivity contribution in [3.63, 3.8) is 0 Å². The molecule has 0 atom stereocenters. The molecule has 0 amide bonds. The van der Waals surface area contributed by atoms with Crippen LogP contribution in [-0.4, -0.2) is 5.25 Å². The SMILES string of the molecule is CC(C)[S-](=N)=O. The number of rotatable bonds is 1. The van der Waals surface area contributed by atoms with Crippen LogP contribution in [-0.2, 0) is 14.8 Å². The van der Waals surface area contributed by atoms with E-state index in [4.69, 9.17) is 4.78 Å². The fraction of sp³-hybridized carbons (Fsp3) is 1.00. The third-order valence-corrected chi connectivity index (χ3v) is 1.28. The van der Waals surface area contributed by atoms with Gasteiger partial charge in [0.25, 0.3) is 0 Å². The second-order valence-electron chi connectivity index (χ2n) is 1.35. The first-order valence-electron chi connectivity index (χ1n) is 1.76. The summed E-state index contributed by atoms with van der Waals surface area (Å²) in [5.74, 6) is 0. The topological polar surface area (TPSA) is 40.9 Å². The molecule has 2 nitrogen and oxygen atoms in total. The van der Waals surface area contributed by atoms with Crippen molar-refractivity contribution in [2.24, 2.45) is 0 Å². The predicted octanol–water partition coefficient (Wildman–Crippen LogP) is 1.12. The summed E-state index contributed by atoms with van der Waals surface area (Å²) in [6.07, 6.45) is 0. The van der Waals surface area contributed by atoms with Crippen molar-refractivity contribution in [2.45, 2.75) is 19.1 Å². The van der Waals surface area contributed by atoms with E-state index in [-0.39, 0.29) is 5.25 Å². The van der Waals surface area contributed by atoms with Crippen LogP contribution >= 0.6 is 0 Å². The van der Waals surface area contributed by atoms with Crippen molar-refractivity contribution in [3.05, 3.63) is 0 Å². The van der Waals surface area contributed by atoms with Crippen LogP contribution in [0.4, 0.5) is 0 Å². The van der Waals surface area contributed by atoms with Crippen molar-refractivity contribution in [2.75, 3.05) is 0 Å². The van der Waals surface area contributed by atoms with Gasteiger partial charge in [-0.05, 0) is 0 Å². The summed E-state index contributed by atoms with van der Waals surface area (Å²) in [5, 5.41) is -0.00926. The summed E-state index contributed by atoms with van der Waals surface area (Å²) in [5.41, 5.74) is 0. The Morgan fingerprint density at radius 1 is 1.67 bits per heavy atom. The minimum Gasteiger partial charge on any atom is -0.444 e. The van der Waals surface area contributed by atoms with E-state index in [2.05, 4.69) is 0 Å². The summed E-state index contributed by atoms with van der Waals surface area (Å²) in [7, 11) is -1.37. The first-order chi connectivity index (χ1) is 2.64. The minimum atomic E-state index is -1.37. The average Bonchev–Trinajstić information content (AvgIpc) is 1.36.